The Labute approximate surface area is 117 Å². The Balaban J connectivity index is 3.96. The van der Waals surface area contributed by atoms with Crippen molar-refractivity contribution in [2.75, 3.05) is 26.9 Å². The molecule has 0 aromatic heterocycles. The minimum absolute atomic E-state index is 0.0195. The van der Waals surface area contributed by atoms with Crippen molar-refractivity contribution in [1.82, 2.24) is 10.6 Å². The highest BCUT2D eigenvalue weighted by Crippen LogP contribution is 1.99. The maximum Gasteiger partial charge on any atom is 0.326 e. The van der Waals surface area contributed by atoms with E-state index < -0.39 is 24.0 Å². The summed E-state index contributed by atoms with van der Waals surface area (Å²) >= 11 is 0. The SMILES string of the molecule is CCOCCCNC(=O)N[C@H](CCC(=O)OC)C(=O)O. The van der Waals surface area contributed by atoms with Gasteiger partial charge in [0.2, 0.25) is 0 Å². The lowest BCUT2D eigenvalue weighted by atomic mass is 10.1. The molecule has 8 heteroatoms. The van der Waals surface area contributed by atoms with Crippen LogP contribution in [0.1, 0.15) is 26.2 Å². The number of carbonyl (C=O) groups is 3. The van der Waals surface area contributed by atoms with Crippen molar-refractivity contribution in [2.45, 2.75) is 32.2 Å². The van der Waals surface area contributed by atoms with Crippen LogP contribution in [0.25, 0.3) is 0 Å². The molecule has 8 nitrogen and oxygen atoms in total. The average Bonchev–Trinajstić information content (AvgIpc) is 2.42. The molecule has 2 amide bonds. The molecule has 0 fully saturated rings. The number of amides is 2. The first-order valence-corrected chi connectivity index (χ1v) is 6.43. The number of carbonyl (C=O) groups excluding carboxylic acids is 2. The molecule has 0 unspecified atom stereocenters. The number of carboxylic acid groups (broad SMARTS) is 1. The van der Waals surface area contributed by atoms with Crippen molar-refractivity contribution in [2.24, 2.45) is 0 Å². The van der Waals surface area contributed by atoms with Gasteiger partial charge >= 0.3 is 18.0 Å². The second kappa shape index (κ2) is 11.0. The summed E-state index contributed by atoms with van der Waals surface area (Å²) in [6.07, 6.45) is 0.549. The van der Waals surface area contributed by atoms with Crippen molar-refractivity contribution in [3.63, 3.8) is 0 Å². The number of hydrogen-bond donors (Lipinski definition) is 3. The van der Waals surface area contributed by atoms with Gasteiger partial charge in [-0.05, 0) is 19.8 Å². The molecule has 0 saturated heterocycles. The zero-order chi connectivity index (χ0) is 15.4. The Bertz CT molecular complexity index is 321. The number of carboxylic acids is 1. The molecule has 1 atom stereocenters. The van der Waals surface area contributed by atoms with Crippen molar-refractivity contribution in [1.29, 1.82) is 0 Å². The van der Waals surface area contributed by atoms with Crippen LogP contribution in [-0.4, -0.2) is 56.0 Å². The normalized spacial score (nSPS) is 11.5. The predicted molar refractivity (Wildman–Crippen MR) is 70.3 cm³/mol. The average molecular weight is 290 g/mol. The molecular weight excluding hydrogens is 268 g/mol. The van der Waals surface area contributed by atoms with E-state index in [1.54, 1.807) is 0 Å². The van der Waals surface area contributed by atoms with Crippen LogP contribution in [0.4, 0.5) is 4.79 Å². The van der Waals surface area contributed by atoms with E-state index >= 15 is 0 Å². The number of rotatable bonds is 10. The Kier molecular flexibility index (Phi) is 10.0. The van der Waals surface area contributed by atoms with Crippen LogP contribution in [0.3, 0.4) is 0 Å². The zero-order valence-electron chi connectivity index (χ0n) is 11.8. The number of hydrogen-bond acceptors (Lipinski definition) is 5. The zero-order valence-corrected chi connectivity index (χ0v) is 11.8. The van der Waals surface area contributed by atoms with Crippen molar-refractivity contribution < 1.29 is 29.0 Å². The highest BCUT2D eigenvalue weighted by Gasteiger charge is 2.20. The van der Waals surface area contributed by atoms with E-state index in [-0.39, 0.29) is 12.8 Å². The van der Waals surface area contributed by atoms with Gasteiger partial charge in [0.1, 0.15) is 6.04 Å². The highest BCUT2D eigenvalue weighted by molar-refractivity contribution is 5.83. The van der Waals surface area contributed by atoms with E-state index in [0.29, 0.717) is 26.2 Å². The van der Waals surface area contributed by atoms with E-state index in [1.807, 2.05) is 6.92 Å². The molecule has 116 valence electrons. The number of ether oxygens (including phenoxy) is 2. The Morgan fingerprint density at radius 3 is 2.55 bits per heavy atom. The lowest BCUT2D eigenvalue weighted by Gasteiger charge is -2.14. The van der Waals surface area contributed by atoms with Gasteiger partial charge in [0.15, 0.2) is 0 Å². The van der Waals surface area contributed by atoms with E-state index in [0.717, 1.165) is 0 Å². The summed E-state index contributed by atoms with van der Waals surface area (Å²) in [6, 6.07) is -1.71. The van der Waals surface area contributed by atoms with E-state index in [1.165, 1.54) is 7.11 Å². The van der Waals surface area contributed by atoms with Crippen LogP contribution < -0.4 is 10.6 Å². The summed E-state index contributed by atoms with van der Waals surface area (Å²) in [6.45, 7) is 3.40. The molecule has 0 rings (SSSR count). The second-order valence-electron chi connectivity index (χ2n) is 3.96. The fraction of sp³-hybridized carbons (Fsp3) is 0.750. The molecule has 0 heterocycles. The van der Waals surface area contributed by atoms with Crippen LogP contribution in [0.2, 0.25) is 0 Å². The number of urea groups is 1. The first kappa shape index (κ1) is 18.2. The summed E-state index contributed by atoms with van der Waals surface area (Å²) in [5.41, 5.74) is 0. The fourth-order valence-electron chi connectivity index (χ4n) is 1.35. The summed E-state index contributed by atoms with van der Waals surface area (Å²) in [7, 11) is 1.22. The molecule has 3 N–H and O–H groups in total. The van der Waals surface area contributed by atoms with Crippen LogP contribution in [0, 0.1) is 0 Å². The van der Waals surface area contributed by atoms with Crippen LogP contribution >= 0.6 is 0 Å². The Morgan fingerprint density at radius 1 is 1.30 bits per heavy atom. The molecule has 0 spiro atoms. The molecule has 0 aromatic carbocycles. The number of aliphatic carboxylic acids is 1. The summed E-state index contributed by atoms with van der Waals surface area (Å²) in [5, 5.41) is 13.7. The quantitative estimate of drug-likeness (QED) is 0.389. The third kappa shape index (κ3) is 9.15. The predicted octanol–water partition coefficient (Wildman–Crippen LogP) is 0.119. The highest BCUT2D eigenvalue weighted by atomic mass is 16.5. The van der Waals surface area contributed by atoms with E-state index in [2.05, 4.69) is 15.4 Å². The first-order chi connectivity index (χ1) is 9.51. The fourth-order valence-corrected chi connectivity index (χ4v) is 1.35. The van der Waals surface area contributed by atoms with Gasteiger partial charge in [0.25, 0.3) is 0 Å². The smallest absolute Gasteiger partial charge is 0.326 e. The second-order valence-corrected chi connectivity index (χ2v) is 3.96. The number of esters is 1. The lowest BCUT2D eigenvalue weighted by Crippen LogP contribution is -2.46. The molecule has 0 aliphatic rings. The van der Waals surface area contributed by atoms with E-state index in [9.17, 15) is 14.4 Å². The number of methoxy groups -OCH3 is 1. The van der Waals surface area contributed by atoms with Crippen LogP contribution in [-0.2, 0) is 19.1 Å². The molecular formula is C12H22N2O6. The topological polar surface area (TPSA) is 114 Å². The van der Waals surface area contributed by atoms with Crippen LogP contribution in [0.15, 0.2) is 0 Å². The van der Waals surface area contributed by atoms with Gasteiger partial charge in [0.05, 0.1) is 7.11 Å². The lowest BCUT2D eigenvalue weighted by molar-refractivity contribution is -0.142. The van der Waals surface area contributed by atoms with Gasteiger partial charge in [-0.2, -0.15) is 0 Å². The van der Waals surface area contributed by atoms with Gasteiger partial charge in [-0.1, -0.05) is 0 Å². The monoisotopic (exact) mass is 290 g/mol. The van der Waals surface area contributed by atoms with Crippen molar-refractivity contribution >= 4 is 18.0 Å². The van der Waals surface area contributed by atoms with E-state index in [4.69, 9.17) is 9.84 Å². The standard InChI is InChI=1S/C12H22N2O6/c1-3-20-8-4-7-13-12(18)14-9(11(16)17)5-6-10(15)19-2/h9H,3-8H2,1-2H3,(H,16,17)(H2,13,14,18)/t9-/m1/s1. The molecule has 0 aliphatic heterocycles. The van der Waals surface area contributed by atoms with Crippen molar-refractivity contribution in [3.8, 4) is 0 Å². The van der Waals surface area contributed by atoms with Gasteiger partial charge in [-0.15, -0.1) is 0 Å². The minimum atomic E-state index is -1.20. The molecule has 20 heavy (non-hydrogen) atoms. The third-order valence-electron chi connectivity index (χ3n) is 2.42. The largest absolute Gasteiger partial charge is 0.480 e. The third-order valence-corrected chi connectivity index (χ3v) is 2.42. The molecule has 0 radical (unpaired) electrons. The Morgan fingerprint density at radius 2 is 2.00 bits per heavy atom. The Hall–Kier alpha value is -1.83. The molecule has 0 bridgehead atoms. The molecule has 0 saturated carbocycles. The van der Waals surface area contributed by atoms with Gasteiger partial charge < -0.3 is 25.2 Å². The summed E-state index contributed by atoms with van der Waals surface area (Å²) in [4.78, 5) is 33.3. The molecule has 0 aromatic rings. The van der Waals surface area contributed by atoms with Crippen LogP contribution in [0.5, 0.6) is 0 Å². The maximum absolute atomic E-state index is 11.5. The van der Waals surface area contributed by atoms with Gasteiger partial charge in [-0.25, -0.2) is 9.59 Å². The summed E-state index contributed by atoms with van der Waals surface area (Å²) < 4.78 is 9.51. The first-order valence-electron chi connectivity index (χ1n) is 6.43. The van der Waals surface area contributed by atoms with Gasteiger partial charge in [0, 0.05) is 26.2 Å². The van der Waals surface area contributed by atoms with Gasteiger partial charge in [-0.3, -0.25) is 4.79 Å². The van der Waals surface area contributed by atoms with Crippen molar-refractivity contribution in [3.05, 3.63) is 0 Å². The summed E-state index contributed by atoms with van der Waals surface area (Å²) in [5.74, 6) is -1.71. The maximum atomic E-state index is 11.5. The number of nitrogens with one attached hydrogen (secondary N) is 2. The molecule has 0 aliphatic carbocycles. The minimum Gasteiger partial charge on any atom is -0.480 e.